The van der Waals surface area contributed by atoms with Gasteiger partial charge in [-0.05, 0) is 24.3 Å². The van der Waals surface area contributed by atoms with Crippen molar-refractivity contribution in [3.05, 3.63) is 64.1 Å². The van der Waals surface area contributed by atoms with E-state index in [0.29, 0.717) is 29.0 Å². The van der Waals surface area contributed by atoms with Gasteiger partial charge >= 0.3 is 0 Å². The highest BCUT2D eigenvalue weighted by molar-refractivity contribution is 6.33. The zero-order valence-electron chi connectivity index (χ0n) is 14.4. The lowest BCUT2D eigenvalue weighted by Crippen LogP contribution is -2.18. The molecule has 0 spiro atoms. The second kappa shape index (κ2) is 6.96. The molecule has 0 fully saturated rings. The summed E-state index contributed by atoms with van der Waals surface area (Å²) in [7, 11) is 0. The molecular formula is C19H19ClN4O2. The highest BCUT2D eigenvalue weighted by atomic mass is 35.5. The first-order valence-electron chi connectivity index (χ1n) is 8.66. The first kappa shape index (κ1) is 16.8. The number of fused-ring (bicyclic) bond motifs is 1. The van der Waals surface area contributed by atoms with Crippen molar-refractivity contribution in [1.82, 2.24) is 14.9 Å². The highest BCUT2D eigenvalue weighted by Gasteiger charge is 2.27. The fraction of sp³-hybridized carbons (Fsp3) is 0.316. The van der Waals surface area contributed by atoms with Crippen molar-refractivity contribution in [2.24, 2.45) is 5.92 Å². The van der Waals surface area contributed by atoms with E-state index >= 15 is 0 Å². The van der Waals surface area contributed by atoms with Crippen LogP contribution in [0.25, 0.3) is 0 Å². The monoisotopic (exact) mass is 370 g/mol. The van der Waals surface area contributed by atoms with Gasteiger partial charge in [0.25, 0.3) is 5.91 Å². The molecule has 0 saturated carbocycles. The summed E-state index contributed by atoms with van der Waals surface area (Å²) < 4.78 is 7.04. The van der Waals surface area contributed by atoms with Crippen LogP contribution in [0.15, 0.2) is 41.1 Å². The molecule has 6 nitrogen and oxygen atoms in total. The molecule has 26 heavy (non-hydrogen) atoms. The van der Waals surface area contributed by atoms with Gasteiger partial charge in [0.1, 0.15) is 10.8 Å². The lowest BCUT2D eigenvalue weighted by Gasteiger charge is -2.16. The van der Waals surface area contributed by atoms with Crippen LogP contribution in [-0.2, 0) is 19.4 Å². The fourth-order valence-electron chi connectivity index (χ4n) is 3.26. The zero-order valence-corrected chi connectivity index (χ0v) is 15.2. The summed E-state index contributed by atoms with van der Waals surface area (Å²) in [4.78, 5) is 12.6. The Labute approximate surface area is 156 Å². The predicted octanol–water partition coefficient (Wildman–Crippen LogP) is 3.95. The summed E-state index contributed by atoms with van der Waals surface area (Å²) >= 11 is 6.24. The van der Waals surface area contributed by atoms with E-state index in [9.17, 15) is 4.79 Å². The summed E-state index contributed by atoms with van der Waals surface area (Å²) in [5, 5.41) is 11.5. The Hall–Kier alpha value is -2.60. The van der Waals surface area contributed by atoms with Gasteiger partial charge in [0.2, 0.25) is 0 Å². The number of amides is 1. The molecule has 0 bridgehead atoms. The van der Waals surface area contributed by atoms with Crippen molar-refractivity contribution in [3.63, 3.8) is 0 Å². The number of carbonyl (C=O) groups excluding carboxylic acids is 1. The maximum atomic E-state index is 12.6. The van der Waals surface area contributed by atoms with Gasteiger partial charge in [-0.3, -0.25) is 9.48 Å². The molecule has 1 aliphatic carbocycles. The Kier molecular flexibility index (Phi) is 4.51. The lowest BCUT2D eigenvalue weighted by molar-refractivity contribution is 0.101. The van der Waals surface area contributed by atoms with Crippen molar-refractivity contribution in [3.8, 4) is 0 Å². The molecule has 2 heterocycles. The van der Waals surface area contributed by atoms with E-state index in [2.05, 4.69) is 22.5 Å². The van der Waals surface area contributed by atoms with Crippen LogP contribution in [0.3, 0.4) is 0 Å². The normalized spacial score (nSPS) is 16.3. The molecule has 0 aliphatic heterocycles. The third-order valence-corrected chi connectivity index (χ3v) is 4.91. The Balaban J connectivity index is 1.51. The molecule has 1 atom stereocenters. The minimum atomic E-state index is -0.337. The summed E-state index contributed by atoms with van der Waals surface area (Å²) in [6, 6.07) is 9.92. The van der Waals surface area contributed by atoms with Crippen molar-refractivity contribution < 1.29 is 9.32 Å². The number of carbonyl (C=O) groups is 1. The second-order valence-corrected chi connectivity index (χ2v) is 7.15. The first-order chi connectivity index (χ1) is 12.6. The molecule has 134 valence electrons. The van der Waals surface area contributed by atoms with Crippen molar-refractivity contribution in [1.29, 1.82) is 0 Å². The van der Waals surface area contributed by atoms with Gasteiger partial charge in [0.15, 0.2) is 11.5 Å². The van der Waals surface area contributed by atoms with Gasteiger partial charge < -0.3 is 9.84 Å². The molecule has 1 N–H and O–H groups in total. The quantitative estimate of drug-likeness (QED) is 0.754. The average molecular weight is 371 g/mol. The average Bonchev–Trinajstić information content (AvgIpc) is 3.19. The number of hydrogen-bond donors (Lipinski definition) is 1. The van der Waals surface area contributed by atoms with E-state index in [-0.39, 0.29) is 5.91 Å². The Morgan fingerprint density at radius 2 is 2.19 bits per heavy atom. The van der Waals surface area contributed by atoms with E-state index in [1.54, 1.807) is 10.9 Å². The summed E-state index contributed by atoms with van der Waals surface area (Å²) in [6.07, 6.45) is 4.38. The highest BCUT2D eigenvalue weighted by Crippen LogP contribution is 2.29. The van der Waals surface area contributed by atoms with E-state index in [1.165, 1.54) is 0 Å². The van der Waals surface area contributed by atoms with Gasteiger partial charge in [0.05, 0.1) is 6.54 Å². The molecule has 0 saturated heterocycles. The minimum Gasteiger partial charge on any atom is -0.360 e. The van der Waals surface area contributed by atoms with Crippen molar-refractivity contribution >= 4 is 23.3 Å². The van der Waals surface area contributed by atoms with Gasteiger partial charge in [-0.1, -0.05) is 54.0 Å². The lowest BCUT2D eigenvalue weighted by atomic mass is 9.88. The number of aryl methyl sites for hydroxylation is 1. The number of hydrogen-bond acceptors (Lipinski definition) is 4. The molecule has 7 heteroatoms. The smallest absolute Gasteiger partial charge is 0.279 e. The van der Waals surface area contributed by atoms with Gasteiger partial charge in [-0.15, -0.1) is 0 Å². The van der Waals surface area contributed by atoms with Crippen LogP contribution in [0.2, 0.25) is 5.02 Å². The molecule has 1 aromatic carbocycles. The molecule has 1 unspecified atom stereocenters. The maximum absolute atomic E-state index is 12.6. The van der Waals surface area contributed by atoms with Crippen LogP contribution >= 0.6 is 11.6 Å². The summed E-state index contributed by atoms with van der Waals surface area (Å²) in [6.45, 7) is 2.74. The largest absolute Gasteiger partial charge is 0.360 e. The number of anilines is 1. The Morgan fingerprint density at radius 1 is 1.38 bits per heavy atom. The van der Waals surface area contributed by atoms with Crippen LogP contribution in [0.4, 0.5) is 5.82 Å². The number of benzene rings is 1. The second-order valence-electron chi connectivity index (χ2n) is 6.74. The molecule has 4 rings (SSSR count). The first-order valence-corrected chi connectivity index (χ1v) is 9.03. The van der Waals surface area contributed by atoms with E-state index < -0.39 is 0 Å². The standard InChI is InChI=1S/C19H19ClN4O2/c1-12-7-8-16-14(9-12)17(23-26-16)19(25)21-18-15(20)11-24(22-18)10-13-5-3-2-4-6-13/h2-6,11-12H,7-10H2,1H3,(H,21,22,25). The van der Waals surface area contributed by atoms with Crippen molar-refractivity contribution in [2.75, 3.05) is 5.32 Å². The topological polar surface area (TPSA) is 73.0 Å². The van der Waals surface area contributed by atoms with Crippen LogP contribution in [0.5, 0.6) is 0 Å². The Bertz CT molecular complexity index is 932. The van der Waals surface area contributed by atoms with Gasteiger partial charge in [-0.2, -0.15) is 5.10 Å². The van der Waals surface area contributed by atoms with Crippen LogP contribution < -0.4 is 5.32 Å². The fourth-order valence-corrected chi connectivity index (χ4v) is 3.45. The molecule has 1 aliphatic rings. The van der Waals surface area contributed by atoms with E-state index in [4.69, 9.17) is 16.1 Å². The van der Waals surface area contributed by atoms with Gasteiger partial charge in [0, 0.05) is 18.2 Å². The van der Waals surface area contributed by atoms with E-state index in [0.717, 1.165) is 36.1 Å². The zero-order chi connectivity index (χ0) is 18.1. The molecule has 0 radical (unpaired) electrons. The predicted molar refractivity (Wildman–Crippen MR) is 98.4 cm³/mol. The number of nitrogens with one attached hydrogen (secondary N) is 1. The van der Waals surface area contributed by atoms with Crippen LogP contribution in [-0.4, -0.2) is 20.8 Å². The van der Waals surface area contributed by atoms with Crippen LogP contribution in [0, 0.1) is 5.92 Å². The third kappa shape index (κ3) is 3.37. The Morgan fingerprint density at radius 3 is 3.00 bits per heavy atom. The molecule has 1 amide bonds. The molecule has 3 aromatic rings. The molecular weight excluding hydrogens is 352 g/mol. The number of aromatic nitrogens is 3. The third-order valence-electron chi connectivity index (χ3n) is 4.64. The van der Waals surface area contributed by atoms with Crippen molar-refractivity contribution in [2.45, 2.75) is 32.7 Å². The minimum absolute atomic E-state index is 0.327. The number of nitrogens with zero attached hydrogens (tertiary/aromatic N) is 3. The van der Waals surface area contributed by atoms with Crippen LogP contribution in [0.1, 0.15) is 40.7 Å². The number of rotatable bonds is 4. The summed E-state index contributed by atoms with van der Waals surface area (Å²) in [5.74, 6) is 1.32. The summed E-state index contributed by atoms with van der Waals surface area (Å²) in [5.41, 5.74) is 2.34. The SMILES string of the molecule is CC1CCc2onc(C(=O)Nc3nn(Cc4ccccc4)cc3Cl)c2C1. The van der Waals surface area contributed by atoms with Gasteiger partial charge in [-0.25, -0.2) is 0 Å². The molecule has 2 aromatic heterocycles. The maximum Gasteiger partial charge on any atom is 0.279 e. The number of halogens is 1. The van der Waals surface area contributed by atoms with E-state index in [1.807, 2.05) is 30.3 Å².